The van der Waals surface area contributed by atoms with Gasteiger partial charge in [-0.3, -0.25) is 4.79 Å². The molecule has 3 heterocycles. The topological polar surface area (TPSA) is 62.5 Å². The van der Waals surface area contributed by atoms with Crippen LogP contribution in [0, 0.1) is 0 Å². The highest BCUT2D eigenvalue weighted by Crippen LogP contribution is 2.33. The number of hydrogen-bond acceptors (Lipinski definition) is 5. The van der Waals surface area contributed by atoms with Gasteiger partial charge in [0.2, 0.25) is 5.91 Å². The van der Waals surface area contributed by atoms with Gasteiger partial charge >= 0.3 is 6.18 Å². The average Bonchev–Trinajstić information content (AvgIpc) is 2.94. The molecule has 0 radical (unpaired) electrons. The van der Waals surface area contributed by atoms with Crippen molar-refractivity contribution in [3.05, 3.63) is 52.8 Å². The van der Waals surface area contributed by atoms with Crippen LogP contribution in [0.3, 0.4) is 0 Å². The Morgan fingerprint density at radius 3 is 2.73 bits per heavy atom. The molecule has 0 aliphatic carbocycles. The van der Waals surface area contributed by atoms with Crippen LogP contribution in [0.2, 0.25) is 5.02 Å². The third-order valence-corrected chi connectivity index (χ3v) is 5.35. The highest BCUT2D eigenvalue weighted by atomic mass is 35.5. The Labute approximate surface area is 175 Å². The molecule has 10 heteroatoms. The molecule has 1 amide bonds. The smallest absolute Gasteiger partial charge is 0.356 e. The highest BCUT2D eigenvalue weighted by molar-refractivity contribution is 6.33. The molecule has 2 aromatic heterocycles. The van der Waals surface area contributed by atoms with E-state index in [4.69, 9.17) is 16.1 Å². The SMILES string of the molecule is O=C(Cc1noc2ccccc12)N1CCCN(c2ncc(C(F)(F)F)cc2Cl)CC1. The van der Waals surface area contributed by atoms with Crippen molar-refractivity contribution in [2.45, 2.75) is 19.0 Å². The van der Waals surface area contributed by atoms with E-state index in [0.29, 0.717) is 49.7 Å². The lowest BCUT2D eigenvalue weighted by molar-refractivity contribution is -0.137. The van der Waals surface area contributed by atoms with Crippen LogP contribution in [0.15, 0.2) is 41.1 Å². The molecule has 1 aliphatic heterocycles. The van der Waals surface area contributed by atoms with E-state index in [1.54, 1.807) is 15.9 Å². The van der Waals surface area contributed by atoms with E-state index in [1.165, 1.54) is 0 Å². The second-order valence-electron chi connectivity index (χ2n) is 7.05. The summed E-state index contributed by atoms with van der Waals surface area (Å²) < 4.78 is 43.7. The summed E-state index contributed by atoms with van der Waals surface area (Å²) >= 11 is 6.07. The summed E-state index contributed by atoms with van der Waals surface area (Å²) in [7, 11) is 0. The Hall–Kier alpha value is -2.81. The zero-order chi connectivity index (χ0) is 21.3. The van der Waals surface area contributed by atoms with E-state index in [2.05, 4.69) is 10.1 Å². The number of nitrogens with zero attached hydrogens (tertiary/aromatic N) is 4. The van der Waals surface area contributed by atoms with E-state index >= 15 is 0 Å². The van der Waals surface area contributed by atoms with Crippen LogP contribution in [0.4, 0.5) is 19.0 Å². The second-order valence-corrected chi connectivity index (χ2v) is 7.46. The summed E-state index contributed by atoms with van der Waals surface area (Å²) in [6.45, 7) is 1.90. The Bertz CT molecular complexity index is 1070. The van der Waals surface area contributed by atoms with Gasteiger partial charge in [-0.25, -0.2) is 4.98 Å². The summed E-state index contributed by atoms with van der Waals surface area (Å²) in [6.07, 6.45) is -2.95. The van der Waals surface area contributed by atoms with Crippen LogP contribution in [-0.2, 0) is 17.4 Å². The predicted octanol–water partition coefficient (Wildman–Crippen LogP) is 4.18. The lowest BCUT2D eigenvalue weighted by atomic mass is 10.1. The maximum atomic E-state index is 12.8. The van der Waals surface area contributed by atoms with Gasteiger partial charge in [0, 0.05) is 37.8 Å². The number of carbonyl (C=O) groups excluding carboxylic acids is 1. The molecule has 30 heavy (non-hydrogen) atoms. The quantitative estimate of drug-likeness (QED) is 0.614. The molecule has 1 fully saturated rings. The minimum absolute atomic E-state index is 0.0568. The van der Waals surface area contributed by atoms with Crippen molar-refractivity contribution >= 4 is 34.3 Å². The Morgan fingerprint density at radius 2 is 1.97 bits per heavy atom. The van der Waals surface area contributed by atoms with Gasteiger partial charge < -0.3 is 14.3 Å². The Balaban J connectivity index is 1.43. The molecule has 0 atom stereocenters. The molecule has 6 nitrogen and oxygen atoms in total. The van der Waals surface area contributed by atoms with Gasteiger partial charge in [0.25, 0.3) is 0 Å². The number of halogens is 4. The van der Waals surface area contributed by atoms with E-state index < -0.39 is 11.7 Å². The fraction of sp³-hybridized carbons (Fsp3) is 0.350. The molecule has 1 aromatic carbocycles. The second kappa shape index (κ2) is 8.14. The van der Waals surface area contributed by atoms with Gasteiger partial charge in [-0.2, -0.15) is 13.2 Å². The lowest BCUT2D eigenvalue weighted by Gasteiger charge is -2.24. The van der Waals surface area contributed by atoms with Gasteiger partial charge in [0.15, 0.2) is 5.58 Å². The summed E-state index contributed by atoms with van der Waals surface area (Å²) in [6, 6.07) is 8.23. The minimum atomic E-state index is -4.50. The molecular formula is C20H18ClF3N4O2. The van der Waals surface area contributed by atoms with E-state index in [-0.39, 0.29) is 17.4 Å². The first-order valence-corrected chi connectivity index (χ1v) is 9.79. The third-order valence-electron chi connectivity index (χ3n) is 5.07. The largest absolute Gasteiger partial charge is 0.417 e. The van der Waals surface area contributed by atoms with Crippen molar-refractivity contribution < 1.29 is 22.5 Å². The van der Waals surface area contributed by atoms with Crippen molar-refractivity contribution in [1.29, 1.82) is 0 Å². The first-order chi connectivity index (χ1) is 14.3. The molecule has 3 aromatic rings. The summed E-state index contributed by atoms with van der Waals surface area (Å²) in [5.74, 6) is 0.212. The molecule has 0 saturated carbocycles. The number of anilines is 1. The Kier molecular flexibility index (Phi) is 5.55. The number of benzene rings is 1. The predicted molar refractivity (Wildman–Crippen MR) is 105 cm³/mol. The first-order valence-electron chi connectivity index (χ1n) is 9.41. The minimum Gasteiger partial charge on any atom is -0.356 e. The summed E-state index contributed by atoms with van der Waals surface area (Å²) in [5, 5.41) is 4.76. The fourth-order valence-corrected chi connectivity index (χ4v) is 3.80. The van der Waals surface area contributed by atoms with Crippen molar-refractivity contribution in [2.24, 2.45) is 0 Å². The molecule has 0 unspecified atom stereocenters. The number of aromatic nitrogens is 2. The highest BCUT2D eigenvalue weighted by Gasteiger charge is 2.32. The zero-order valence-corrected chi connectivity index (χ0v) is 16.6. The van der Waals surface area contributed by atoms with Crippen LogP contribution in [0.1, 0.15) is 17.7 Å². The zero-order valence-electron chi connectivity index (χ0n) is 15.8. The standard InChI is InChI=1S/C20H18ClF3N4O2/c21-15-10-13(20(22,23)24)12-25-19(15)28-7-3-6-27(8-9-28)18(29)11-16-14-4-1-2-5-17(14)30-26-16/h1-2,4-5,10,12H,3,6-9,11H2. The lowest BCUT2D eigenvalue weighted by Crippen LogP contribution is -2.36. The van der Waals surface area contributed by atoms with E-state index in [0.717, 1.165) is 17.6 Å². The molecule has 0 bridgehead atoms. The van der Waals surface area contributed by atoms with Crippen LogP contribution >= 0.6 is 11.6 Å². The number of amides is 1. The number of carbonyl (C=O) groups is 1. The number of pyridine rings is 1. The molecule has 4 rings (SSSR count). The molecular weight excluding hydrogens is 421 g/mol. The maximum Gasteiger partial charge on any atom is 0.417 e. The van der Waals surface area contributed by atoms with E-state index in [9.17, 15) is 18.0 Å². The van der Waals surface area contributed by atoms with Crippen LogP contribution in [0.25, 0.3) is 11.0 Å². The van der Waals surface area contributed by atoms with Crippen LogP contribution in [0.5, 0.6) is 0 Å². The monoisotopic (exact) mass is 438 g/mol. The van der Waals surface area contributed by atoms with Gasteiger partial charge in [0.1, 0.15) is 11.5 Å². The molecule has 1 saturated heterocycles. The molecule has 0 N–H and O–H groups in total. The van der Waals surface area contributed by atoms with Gasteiger partial charge in [-0.1, -0.05) is 28.9 Å². The average molecular weight is 439 g/mol. The maximum absolute atomic E-state index is 12.8. The molecule has 1 aliphatic rings. The van der Waals surface area contributed by atoms with Crippen molar-refractivity contribution in [3.63, 3.8) is 0 Å². The Morgan fingerprint density at radius 1 is 1.17 bits per heavy atom. The molecule has 158 valence electrons. The van der Waals surface area contributed by atoms with E-state index in [1.807, 2.05) is 18.2 Å². The fourth-order valence-electron chi connectivity index (χ4n) is 3.52. The number of alkyl halides is 3. The van der Waals surface area contributed by atoms with Crippen molar-refractivity contribution in [1.82, 2.24) is 15.0 Å². The van der Waals surface area contributed by atoms with Crippen molar-refractivity contribution in [2.75, 3.05) is 31.1 Å². The van der Waals surface area contributed by atoms with Crippen LogP contribution < -0.4 is 4.90 Å². The van der Waals surface area contributed by atoms with Gasteiger partial charge in [-0.15, -0.1) is 0 Å². The van der Waals surface area contributed by atoms with Crippen LogP contribution in [-0.4, -0.2) is 47.1 Å². The molecule has 0 spiro atoms. The number of rotatable bonds is 3. The normalized spacial score (nSPS) is 15.5. The van der Waals surface area contributed by atoms with Gasteiger partial charge in [0.05, 0.1) is 17.0 Å². The number of para-hydroxylation sites is 1. The first kappa shape index (κ1) is 20.5. The third kappa shape index (κ3) is 4.21. The number of hydrogen-bond donors (Lipinski definition) is 0. The van der Waals surface area contributed by atoms with Crippen molar-refractivity contribution in [3.8, 4) is 0 Å². The summed E-state index contributed by atoms with van der Waals surface area (Å²) in [5.41, 5.74) is 0.331. The number of fused-ring (bicyclic) bond motifs is 1. The summed E-state index contributed by atoms with van der Waals surface area (Å²) in [4.78, 5) is 20.2. The van der Waals surface area contributed by atoms with Gasteiger partial charge in [-0.05, 0) is 24.6 Å².